The minimum atomic E-state index is -1.90. The lowest BCUT2D eigenvalue weighted by atomic mass is 9.95. The summed E-state index contributed by atoms with van der Waals surface area (Å²) < 4.78 is 0. The van der Waals surface area contributed by atoms with Gasteiger partial charge in [-0.25, -0.2) is 4.79 Å². The largest absolute Gasteiger partial charge is 0.481 e. The van der Waals surface area contributed by atoms with Crippen molar-refractivity contribution in [2.75, 3.05) is 13.2 Å². The maximum Gasteiger partial charge on any atom is 0.326 e. The zero-order chi connectivity index (χ0) is 53.4. The Morgan fingerprint density at radius 1 is 0.557 bits per heavy atom. The molecule has 0 unspecified atom stereocenters. The number of carbonyl (C=O) groups excluding carboxylic acids is 9. The molecule has 1 rings (SSSR count). The summed E-state index contributed by atoms with van der Waals surface area (Å²) in [4.78, 5) is 143. The SMILES string of the molecule is CC[C@H](C)[C@H](N)C(=O)N[C@H](C(=O)N[C@@H](CCC(N)=O)C(=O)NCC(=O)N[C@H](C(=O)N[C@@H](CC(=O)O)C(=O)N[C@@H](CO)C(=O)N[C@@H](Cc1ccccc1)C(=O)N[C@H](C(=O)O)C(C)C)[C@@H](C)CC)[C@@H](C)CC. The van der Waals surface area contributed by atoms with Crippen molar-refractivity contribution >= 4 is 65.1 Å². The van der Waals surface area contributed by atoms with Crippen LogP contribution in [0.1, 0.15) is 99.5 Å². The number of aliphatic hydroxyl groups is 1. The van der Waals surface area contributed by atoms with Crippen LogP contribution in [-0.2, 0) is 59.2 Å². The lowest BCUT2D eigenvalue weighted by molar-refractivity contribution is -0.143. The molecule has 0 heterocycles. The van der Waals surface area contributed by atoms with Crippen LogP contribution in [0.15, 0.2) is 30.3 Å². The van der Waals surface area contributed by atoms with Crippen molar-refractivity contribution in [2.45, 2.75) is 149 Å². The highest BCUT2D eigenvalue weighted by atomic mass is 16.4. The van der Waals surface area contributed by atoms with Gasteiger partial charge in [0.15, 0.2) is 0 Å². The van der Waals surface area contributed by atoms with Gasteiger partial charge in [0.05, 0.1) is 25.6 Å². The van der Waals surface area contributed by atoms with Gasteiger partial charge < -0.3 is 69.3 Å². The number of benzene rings is 1. The molecule has 9 amide bonds. The molecule has 0 aliphatic carbocycles. The third-order valence-electron chi connectivity index (χ3n) is 11.9. The van der Waals surface area contributed by atoms with Crippen molar-refractivity contribution in [1.82, 2.24) is 42.5 Å². The molecule has 0 spiro atoms. The van der Waals surface area contributed by atoms with E-state index in [-0.39, 0.29) is 31.6 Å². The molecule has 70 heavy (non-hydrogen) atoms. The first-order valence-corrected chi connectivity index (χ1v) is 23.3. The average molecular weight is 991 g/mol. The number of hydrogen-bond donors (Lipinski definition) is 13. The fraction of sp³-hybridized carbons (Fsp3) is 0.630. The van der Waals surface area contributed by atoms with E-state index in [1.54, 1.807) is 78.8 Å². The molecule has 0 aromatic heterocycles. The second-order valence-electron chi connectivity index (χ2n) is 17.7. The Bertz CT molecular complexity index is 1970. The van der Waals surface area contributed by atoms with Crippen molar-refractivity contribution in [1.29, 1.82) is 0 Å². The van der Waals surface area contributed by atoms with Crippen LogP contribution in [0.2, 0.25) is 0 Å². The monoisotopic (exact) mass is 991 g/mol. The Morgan fingerprint density at radius 3 is 1.51 bits per heavy atom. The molecule has 0 saturated carbocycles. The first-order chi connectivity index (χ1) is 32.8. The van der Waals surface area contributed by atoms with E-state index in [2.05, 4.69) is 42.5 Å². The van der Waals surface area contributed by atoms with Crippen molar-refractivity contribution < 1.29 is 68.1 Å². The number of aliphatic carboxylic acids is 2. The third-order valence-corrected chi connectivity index (χ3v) is 11.9. The highest BCUT2D eigenvalue weighted by Crippen LogP contribution is 2.13. The zero-order valence-electron chi connectivity index (χ0n) is 41.2. The quantitative estimate of drug-likeness (QED) is 0.0360. The van der Waals surface area contributed by atoms with E-state index in [1.807, 2.05) is 6.92 Å². The normalized spacial score (nSPS) is 15.8. The fourth-order valence-corrected chi connectivity index (χ4v) is 6.71. The number of nitrogens with two attached hydrogens (primary N) is 2. The molecule has 0 bridgehead atoms. The standard InChI is InChI=1S/C46H74N10O14/c1-9-24(6)35(48)43(66)56-38(26(8)11-3)45(68)50-28(17-18-32(47)58)39(62)49-21-33(59)54-37(25(7)10-2)44(67)52-30(20-34(60)61)40(63)53-31(22-57)42(65)51-29(19-27-15-13-12-14-16-27)41(64)55-36(23(4)5)46(69)70/h12-16,23-26,28-31,35-38,57H,9-11,17-22,48H2,1-8H3,(H2,47,58)(H,49,62)(H,50,68)(H,51,65)(H,52,67)(H,53,63)(H,54,59)(H,55,64)(H,56,66)(H,60,61)(H,69,70)/t24-,25-,26-,28-,29-,30-,31-,35-,36-,37-,38-/m0/s1. The number of amides is 9. The predicted octanol–water partition coefficient (Wildman–Crippen LogP) is -2.32. The van der Waals surface area contributed by atoms with E-state index in [9.17, 15) is 68.1 Å². The van der Waals surface area contributed by atoms with Crippen LogP contribution < -0.4 is 54.0 Å². The number of primary amides is 1. The second kappa shape index (κ2) is 30.7. The molecule has 0 radical (unpaired) electrons. The van der Waals surface area contributed by atoms with Gasteiger partial charge in [0.2, 0.25) is 53.2 Å². The lowest BCUT2D eigenvalue weighted by Crippen LogP contribution is -2.61. The van der Waals surface area contributed by atoms with E-state index in [1.165, 1.54) is 0 Å². The number of rotatable bonds is 32. The average Bonchev–Trinajstić information content (AvgIpc) is 3.31. The van der Waals surface area contributed by atoms with Gasteiger partial charge in [-0.1, -0.05) is 105 Å². The lowest BCUT2D eigenvalue weighted by Gasteiger charge is -2.28. The third kappa shape index (κ3) is 20.9. The minimum Gasteiger partial charge on any atom is -0.481 e. The molecular formula is C46H74N10O14. The van der Waals surface area contributed by atoms with Gasteiger partial charge in [-0.3, -0.25) is 47.9 Å². The van der Waals surface area contributed by atoms with E-state index in [4.69, 9.17) is 11.5 Å². The summed E-state index contributed by atoms with van der Waals surface area (Å²) in [5, 5.41) is 48.7. The van der Waals surface area contributed by atoms with E-state index < -0.39 is 151 Å². The van der Waals surface area contributed by atoms with Gasteiger partial charge in [0, 0.05) is 12.8 Å². The van der Waals surface area contributed by atoms with Gasteiger partial charge in [0.25, 0.3) is 0 Å². The van der Waals surface area contributed by atoms with E-state index in [0.29, 0.717) is 18.4 Å². The van der Waals surface area contributed by atoms with Crippen molar-refractivity contribution in [3.05, 3.63) is 35.9 Å². The molecule has 1 aromatic carbocycles. The van der Waals surface area contributed by atoms with Crippen molar-refractivity contribution in [3.8, 4) is 0 Å². The van der Waals surface area contributed by atoms with Gasteiger partial charge in [-0.2, -0.15) is 0 Å². The fourth-order valence-electron chi connectivity index (χ4n) is 6.71. The molecule has 0 fully saturated rings. The smallest absolute Gasteiger partial charge is 0.326 e. The number of hydrogen-bond acceptors (Lipinski definition) is 13. The molecule has 0 aliphatic heterocycles. The Balaban J connectivity index is 3.25. The number of carboxylic acids is 2. The van der Waals surface area contributed by atoms with Crippen molar-refractivity contribution in [2.24, 2.45) is 35.1 Å². The van der Waals surface area contributed by atoms with Crippen molar-refractivity contribution in [3.63, 3.8) is 0 Å². The molecule has 11 atom stereocenters. The Kier molecular flexibility index (Phi) is 26.9. The molecule has 0 saturated heterocycles. The van der Waals surface area contributed by atoms with Crippen LogP contribution in [0, 0.1) is 23.7 Å². The number of carboxylic acid groups (broad SMARTS) is 2. The number of nitrogens with one attached hydrogen (secondary N) is 8. The number of carbonyl (C=O) groups is 11. The van der Waals surface area contributed by atoms with E-state index in [0.717, 1.165) is 0 Å². The molecule has 24 heteroatoms. The molecule has 392 valence electrons. The highest BCUT2D eigenvalue weighted by Gasteiger charge is 2.36. The molecule has 24 nitrogen and oxygen atoms in total. The summed E-state index contributed by atoms with van der Waals surface area (Å²) in [6, 6.07) is -3.05. The maximum absolute atomic E-state index is 13.7. The molecule has 1 aromatic rings. The summed E-state index contributed by atoms with van der Waals surface area (Å²) in [7, 11) is 0. The van der Waals surface area contributed by atoms with Crippen LogP contribution in [0.5, 0.6) is 0 Å². The van der Waals surface area contributed by atoms with Crippen LogP contribution >= 0.6 is 0 Å². The minimum absolute atomic E-state index is 0.139. The second-order valence-corrected chi connectivity index (χ2v) is 17.7. The van der Waals surface area contributed by atoms with Gasteiger partial charge >= 0.3 is 11.9 Å². The zero-order valence-corrected chi connectivity index (χ0v) is 41.2. The first kappa shape index (κ1) is 61.3. The Morgan fingerprint density at radius 2 is 1.03 bits per heavy atom. The summed E-state index contributed by atoms with van der Waals surface area (Å²) in [6.45, 7) is 11.6. The van der Waals surface area contributed by atoms with Gasteiger partial charge in [-0.15, -0.1) is 0 Å². The van der Waals surface area contributed by atoms with Gasteiger partial charge in [0.1, 0.15) is 42.3 Å². The molecular weight excluding hydrogens is 917 g/mol. The summed E-state index contributed by atoms with van der Waals surface area (Å²) in [6.07, 6.45) is -0.527. The summed E-state index contributed by atoms with van der Waals surface area (Å²) in [5.41, 5.74) is 12.0. The Hall–Kier alpha value is -6.69. The summed E-state index contributed by atoms with van der Waals surface area (Å²) >= 11 is 0. The van der Waals surface area contributed by atoms with Gasteiger partial charge in [-0.05, 0) is 35.7 Å². The first-order valence-electron chi connectivity index (χ1n) is 23.3. The maximum atomic E-state index is 13.7. The van der Waals surface area contributed by atoms with Crippen LogP contribution in [-0.4, -0.2) is 142 Å². The van der Waals surface area contributed by atoms with Crippen LogP contribution in [0.25, 0.3) is 0 Å². The molecule has 15 N–H and O–H groups in total. The predicted molar refractivity (Wildman–Crippen MR) is 253 cm³/mol. The Labute approximate surface area is 407 Å². The summed E-state index contributed by atoms with van der Waals surface area (Å²) in [5.74, 6) is -13.0. The van der Waals surface area contributed by atoms with Crippen LogP contribution in [0.3, 0.4) is 0 Å². The number of aliphatic hydroxyl groups excluding tert-OH is 1. The van der Waals surface area contributed by atoms with E-state index >= 15 is 0 Å². The highest BCUT2D eigenvalue weighted by molar-refractivity contribution is 5.98. The topological polar surface area (TPSA) is 397 Å². The molecule has 0 aliphatic rings. The van der Waals surface area contributed by atoms with Crippen LogP contribution in [0.4, 0.5) is 0 Å².